The summed E-state index contributed by atoms with van der Waals surface area (Å²) in [5.41, 5.74) is 1.79. The summed E-state index contributed by atoms with van der Waals surface area (Å²) in [4.78, 5) is 24.1. The summed E-state index contributed by atoms with van der Waals surface area (Å²) < 4.78 is 11.4. The van der Waals surface area contributed by atoms with Gasteiger partial charge in [-0.1, -0.05) is 6.07 Å². The van der Waals surface area contributed by atoms with E-state index >= 15 is 0 Å². The molecule has 0 saturated heterocycles. The maximum atomic E-state index is 12.5. The van der Waals surface area contributed by atoms with Crippen molar-refractivity contribution in [2.45, 2.75) is 0 Å². The Morgan fingerprint density at radius 1 is 1.08 bits per heavy atom. The molecule has 2 aromatic carbocycles. The zero-order valence-corrected chi connectivity index (χ0v) is 14.0. The summed E-state index contributed by atoms with van der Waals surface area (Å²) in [5.74, 6) is -0.393. The number of aromatic nitrogens is 4. The molecule has 0 spiro atoms. The van der Waals surface area contributed by atoms with Crippen molar-refractivity contribution in [1.82, 2.24) is 20.2 Å². The summed E-state index contributed by atoms with van der Waals surface area (Å²) >= 11 is 0. The number of esters is 1. The number of carbonyl (C=O) groups is 2. The predicted octanol–water partition coefficient (Wildman–Crippen LogP) is 1.71. The molecule has 0 aliphatic carbocycles. The first-order chi connectivity index (χ1) is 12.6. The summed E-state index contributed by atoms with van der Waals surface area (Å²) in [6.45, 7) is 0. The Balaban J connectivity index is 1.83. The van der Waals surface area contributed by atoms with Gasteiger partial charge in [-0.25, -0.2) is 4.79 Å². The van der Waals surface area contributed by atoms with E-state index in [1.54, 1.807) is 36.4 Å². The van der Waals surface area contributed by atoms with Gasteiger partial charge in [-0.15, -0.1) is 5.10 Å². The predicted molar refractivity (Wildman–Crippen MR) is 91.4 cm³/mol. The number of carbonyl (C=O) groups excluding carboxylic acids is 2. The molecule has 3 rings (SSSR count). The van der Waals surface area contributed by atoms with Gasteiger partial charge >= 0.3 is 5.97 Å². The van der Waals surface area contributed by atoms with Crippen molar-refractivity contribution in [1.29, 1.82) is 0 Å². The molecule has 3 aromatic rings. The Bertz CT molecular complexity index is 940. The highest BCUT2D eigenvalue weighted by atomic mass is 16.5. The lowest BCUT2D eigenvalue weighted by Crippen LogP contribution is -2.13. The van der Waals surface area contributed by atoms with Crippen molar-refractivity contribution in [2.75, 3.05) is 19.5 Å². The third-order valence-corrected chi connectivity index (χ3v) is 3.58. The first-order valence-electron chi connectivity index (χ1n) is 7.53. The van der Waals surface area contributed by atoms with Crippen LogP contribution in [0.3, 0.4) is 0 Å². The minimum atomic E-state index is -0.478. The molecule has 0 saturated carbocycles. The number of hydrogen-bond donors (Lipinski definition) is 1. The SMILES string of the molecule is COC(=O)c1cccc(NC(=O)c2ccc(-n3cnnn3)c(OC)c2)c1. The molecule has 9 nitrogen and oxygen atoms in total. The second kappa shape index (κ2) is 7.43. The second-order valence-electron chi connectivity index (χ2n) is 5.17. The monoisotopic (exact) mass is 353 g/mol. The Morgan fingerprint density at radius 2 is 1.92 bits per heavy atom. The molecule has 0 aliphatic heterocycles. The Labute approximate surface area is 148 Å². The van der Waals surface area contributed by atoms with E-state index in [4.69, 9.17) is 4.74 Å². The van der Waals surface area contributed by atoms with Crippen molar-refractivity contribution >= 4 is 17.6 Å². The van der Waals surface area contributed by atoms with Gasteiger partial charge in [-0.3, -0.25) is 4.79 Å². The van der Waals surface area contributed by atoms with Crippen molar-refractivity contribution < 1.29 is 19.1 Å². The fourth-order valence-corrected chi connectivity index (χ4v) is 2.32. The standard InChI is InChI=1S/C17H15N5O4/c1-25-15-9-11(6-7-14(15)22-10-18-20-21-22)16(23)19-13-5-3-4-12(8-13)17(24)26-2/h3-10H,1-2H3,(H,19,23). The number of anilines is 1. The first-order valence-corrected chi connectivity index (χ1v) is 7.53. The van der Waals surface area contributed by atoms with E-state index in [2.05, 4.69) is 25.6 Å². The minimum Gasteiger partial charge on any atom is -0.494 e. The summed E-state index contributed by atoms with van der Waals surface area (Å²) in [7, 11) is 2.79. The maximum Gasteiger partial charge on any atom is 0.337 e. The summed E-state index contributed by atoms with van der Waals surface area (Å²) in [6.07, 6.45) is 1.43. The normalized spacial score (nSPS) is 10.2. The van der Waals surface area contributed by atoms with E-state index in [0.29, 0.717) is 28.3 Å². The second-order valence-corrected chi connectivity index (χ2v) is 5.17. The van der Waals surface area contributed by atoms with Crippen LogP contribution in [-0.4, -0.2) is 46.3 Å². The molecule has 0 fully saturated rings. The summed E-state index contributed by atoms with van der Waals surface area (Å²) in [5, 5.41) is 13.7. The van der Waals surface area contributed by atoms with Gasteiger partial charge in [0.2, 0.25) is 0 Å². The quantitative estimate of drug-likeness (QED) is 0.696. The highest BCUT2D eigenvalue weighted by Gasteiger charge is 2.13. The molecule has 1 heterocycles. The lowest BCUT2D eigenvalue weighted by atomic mass is 10.1. The van der Waals surface area contributed by atoms with Gasteiger partial charge in [-0.05, 0) is 46.8 Å². The third kappa shape index (κ3) is 3.51. The van der Waals surface area contributed by atoms with Gasteiger partial charge in [0.15, 0.2) is 0 Å². The molecule has 132 valence electrons. The van der Waals surface area contributed by atoms with Crippen LogP contribution in [-0.2, 0) is 4.74 Å². The van der Waals surface area contributed by atoms with Gasteiger partial charge in [0.1, 0.15) is 17.8 Å². The number of rotatable bonds is 5. The number of methoxy groups -OCH3 is 2. The Kier molecular flexibility index (Phi) is 4.88. The number of nitrogens with one attached hydrogen (secondary N) is 1. The minimum absolute atomic E-state index is 0.344. The maximum absolute atomic E-state index is 12.5. The van der Waals surface area contributed by atoms with Crippen LogP contribution < -0.4 is 10.1 Å². The van der Waals surface area contributed by atoms with E-state index in [1.165, 1.54) is 31.3 Å². The molecular weight excluding hydrogens is 338 g/mol. The molecule has 0 bridgehead atoms. The Hall–Kier alpha value is -3.75. The Morgan fingerprint density at radius 3 is 2.62 bits per heavy atom. The molecule has 0 atom stereocenters. The van der Waals surface area contributed by atoms with Crippen LogP contribution in [0.1, 0.15) is 20.7 Å². The fourth-order valence-electron chi connectivity index (χ4n) is 2.32. The number of tetrazole rings is 1. The number of amides is 1. The zero-order chi connectivity index (χ0) is 18.5. The highest BCUT2D eigenvalue weighted by Crippen LogP contribution is 2.24. The number of nitrogens with zero attached hydrogens (tertiary/aromatic N) is 4. The first kappa shape index (κ1) is 17.1. The van der Waals surface area contributed by atoms with Crippen molar-refractivity contribution in [3.05, 3.63) is 59.9 Å². The topological polar surface area (TPSA) is 108 Å². The van der Waals surface area contributed by atoms with Crippen LogP contribution in [0.5, 0.6) is 5.75 Å². The van der Waals surface area contributed by atoms with Crippen LogP contribution in [0.2, 0.25) is 0 Å². The smallest absolute Gasteiger partial charge is 0.337 e. The van der Waals surface area contributed by atoms with Gasteiger partial charge in [-0.2, -0.15) is 4.68 Å². The highest BCUT2D eigenvalue weighted by molar-refractivity contribution is 6.05. The van der Waals surface area contributed by atoms with Crippen molar-refractivity contribution in [2.24, 2.45) is 0 Å². The zero-order valence-electron chi connectivity index (χ0n) is 14.0. The van der Waals surface area contributed by atoms with Gasteiger partial charge in [0.25, 0.3) is 5.91 Å². The lowest BCUT2D eigenvalue weighted by Gasteiger charge is -2.11. The molecule has 1 N–H and O–H groups in total. The van der Waals surface area contributed by atoms with Crippen LogP contribution in [0.15, 0.2) is 48.8 Å². The molecule has 0 radical (unpaired) electrons. The van der Waals surface area contributed by atoms with Crippen molar-refractivity contribution in [3.8, 4) is 11.4 Å². The van der Waals surface area contributed by atoms with Crippen LogP contribution in [0.25, 0.3) is 5.69 Å². The number of benzene rings is 2. The van der Waals surface area contributed by atoms with Crippen LogP contribution >= 0.6 is 0 Å². The van der Waals surface area contributed by atoms with Crippen molar-refractivity contribution in [3.63, 3.8) is 0 Å². The average Bonchev–Trinajstić information content (AvgIpc) is 3.21. The number of ether oxygens (including phenoxy) is 2. The van der Waals surface area contributed by atoms with E-state index in [1.807, 2.05) is 0 Å². The fraction of sp³-hybridized carbons (Fsp3) is 0.118. The van der Waals surface area contributed by atoms with E-state index in [0.717, 1.165) is 0 Å². The molecule has 0 unspecified atom stereocenters. The molecule has 9 heteroatoms. The third-order valence-electron chi connectivity index (χ3n) is 3.58. The molecule has 0 aliphatic rings. The lowest BCUT2D eigenvalue weighted by molar-refractivity contribution is 0.0600. The summed E-state index contributed by atoms with van der Waals surface area (Å²) in [6, 6.07) is 11.4. The van der Waals surface area contributed by atoms with Gasteiger partial charge < -0.3 is 14.8 Å². The largest absolute Gasteiger partial charge is 0.494 e. The molecule has 26 heavy (non-hydrogen) atoms. The van der Waals surface area contributed by atoms with E-state index in [9.17, 15) is 9.59 Å². The van der Waals surface area contributed by atoms with Gasteiger partial charge in [0, 0.05) is 11.3 Å². The average molecular weight is 353 g/mol. The van der Waals surface area contributed by atoms with E-state index in [-0.39, 0.29) is 5.91 Å². The van der Waals surface area contributed by atoms with Gasteiger partial charge in [0.05, 0.1) is 19.8 Å². The molecule has 1 amide bonds. The number of hydrogen-bond acceptors (Lipinski definition) is 7. The molecule has 1 aromatic heterocycles. The van der Waals surface area contributed by atoms with Crippen LogP contribution in [0.4, 0.5) is 5.69 Å². The molecular formula is C17H15N5O4. The van der Waals surface area contributed by atoms with E-state index < -0.39 is 5.97 Å². The van der Waals surface area contributed by atoms with Crippen LogP contribution in [0, 0.1) is 0 Å².